The second-order valence-corrected chi connectivity index (χ2v) is 5.32. The molecule has 110 valence electrons. The number of rotatable bonds is 6. The highest BCUT2D eigenvalue weighted by atomic mass is 32.2. The van der Waals surface area contributed by atoms with Crippen LogP contribution in [0.5, 0.6) is 0 Å². The zero-order valence-corrected chi connectivity index (χ0v) is 12.3. The van der Waals surface area contributed by atoms with Crippen LogP contribution in [0.3, 0.4) is 0 Å². The number of nitrogens with one attached hydrogen (secondary N) is 1. The van der Waals surface area contributed by atoms with Crippen molar-refractivity contribution in [1.29, 1.82) is 0 Å². The first kappa shape index (κ1) is 15.1. The van der Waals surface area contributed by atoms with Crippen molar-refractivity contribution in [3.63, 3.8) is 0 Å². The molecule has 0 saturated carbocycles. The number of nitrogens with zero attached hydrogens (tertiary/aromatic N) is 1. The Kier molecular flexibility index (Phi) is 4.66. The first-order valence-electron chi connectivity index (χ1n) is 6.17. The van der Waals surface area contributed by atoms with Gasteiger partial charge in [-0.05, 0) is 29.5 Å². The summed E-state index contributed by atoms with van der Waals surface area (Å²) in [6.07, 6.45) is 2.44. The second-order valence-electron chi connectivity index (χ2n) is 4.46. The highest BCUT2D eigenvalue weighted by molar-refractivity contribution is 7.97. The molecule has 0 unspecified atom stereocenters. The number of carbonyl (C=O) groups is 2. The van der Waals surface area contributed by atoms with Gasteiger partial charge < -0.3 is 10.7 Å². The topological polar surface area (TPSA) is 105 Å². The zero-order chi connectivity index (χ0) is 15.4. The number of hydrogen-bond acceptors (Lipinski definition) is 4. The lowest BCUT2D eigenvalue weighted by atomic mass is 10.1. The number of nitrogens with two attached hydrogens (primary N) is 2. The summed E-state index contributed by atoms with van der Waals surface area (Å²) in [4.78, 5) is 25.2. The Morgan fingerprint density at radius 1 is 1.43 bits per heavy atom. The molecule has 6 nitrogen and oxygen atoms in total. The van der Waals surface area contributed by atoms with Gasteiger partial charge in [-0.15, -0.1) is 0 Å². The van der Waals surface area contributed by atoms with Gasteiger partial charge in [-0.1, -0.05) is 18.2 Å². The van der Waals surface area contributed by atoms with Crippen molar-refractivity contribution < 1.29 is 9.59 Å². The Labute approximate surface area is 126 Å². The minimum atomic E-state index is -0.648. The van der Waals surface area contributed by atoms with Crippen LogP contribution in [0.1, 0.15) is 15.9 Å². The monoisotopic (exact) mass is 304 g/mol. The molecule has 21 heavy (non-hydrogen) atoms. The number of H-pyrrole nitrogens is 1. The Bertz CT molecular complexity index is 669. The fourth-order valence-electron chi connectivity index (χ4n) is 2.04. The number of hydrogen-bond donors (Lipinski definition) is 3. The Morgan fingerprint density at radius 3 is 2.81 bits per heavy atom. The summed E-state index contributed by atoms with van der Waals surface area (Å²) in [5.41, 5.74) is 8.23. The van der Waals surface area contributed by atoms with E-state index in [1.54, 1.807) is 17.8 Å². The molecule has 0 aliphatic rings. The Hall–Kier alpha value is -2.25. The molecule has 1 heterocycles. The molecule has 0 aliphatic carbocycles. The lowest BCUT2D eigenvalue weighted by Crippen LogP contribution is -2.31. The minimum Gasteiger partial charge on any atom is -0.365 e. The number of aromatic nitrogens is 1. The molecule has 0 radical (unpaired) electrons. The lowest BCUT2D eigenvalue weighted by Gasteiger charge is -2.09. The van der Waals surface area contributed by atoms with Gasteiger partial charge in [-0.2, -0.15) is 11.8 Å². The molecule has 2 rings (SSSR count). The van der Waals surface area contributed by atoms with Crippen LogP contribution in [0.2, 0.25) is 0 Å². The van der Waals surface area contributed by atoms with Gasteiger partial charge in [0.2, 0.25) is 6.41 Å². The molecular formula is C14H16N4O2S. The van der Waals surface area contributed by atoms with Crippen LogP contribution in [-0.2, 0) is 10.5 Å². The molecule has 0 spiro atoms. The van der Waals surface area contributed by atoms with Crippen LogP contribution in [0.4, 0.5) is 5.82 Å². The maximum absolute atomic E-state index is 11.5. The normalized spacial score (nSPS) is 10.4. The summed E-state index contributed by atoms with van der Waals surface area (Å²) in [6, 6.07) is 9.48. The van der Waals surface area contributed by atoms with Crippen LogP contribution in [0.15, 0.2) is 30.3 Å². The Balaban J connectivity index is 2.47. The van der Waals surface area contributed by atoms with Crippen molar-refractivity contribution in [2.24, 2.45) is 11.6 Å². The molecular weight excluding hydrogens is 288 g/mol. The molecule has 1 aromatic carbocycles. The first-order chi connectivity index (χ1) is 10.1. The van der Waals surface area contributed by atoms with Gasteiger partial charge in [0, 0.05) is 11.4 Å². The third-order valence-corrected chi connectivity index (χ3v) is 3.61. The Morgan fingerprint density at radius 2 is 2.19 bits per heavy atom. The maximum Gasteiger partial charge on any atom is 0.252 e. The van der Waals surface area contributed by atoms with E-state index in [9.17, 15) is 9.59 Å². The molecule has 2 aromatic rings. The lowest BCUT2D eigenvalue weighted by molar-refractivity contribution is -0.107. The molecule has 5 N–H and O–H groups in total. The van der Waals surface area contributed by atoms with Gasteiger partial charge in [-0.25, -0.2) is 10.9 Å². The van der Waals surface area contributed by atoms with Gasteiger partial charge in [0.1, 0.15) is 5.82 Å². The molecule has 2 amide bonds. The van der Waals surface area contributed by atoms with Crippen molar-refractivity contribution in [3.8, 4) is 11.3 Å². The van der Waals surface area contributed by atoms with E-state index in [4.69, 9.17) is 11.6 Å². The average molecular weight is 304 g/mol. The predicted octanol–water partition coefficient (Wildman–Crippen LogP) is 1.48. The number of benzene rings is 1. The SMILES string of the molecule is CSCc1cccc(-c2cc(C(N)=O)c(N(N)C=O)[nH]2)c1. The number of carbonyl (C=O) groups excluding carboxylic acids is 2. The summed E-state index contributed by atoms with van der Waals surface area (Å²) in [6.45, 7) is 0. The molecule has 7 heteroatoms. The fourth-order valence-corrected chi connectivity index (χ4v) is 2.55. The molecule has 1 aromatic heterocycles. The van der Waals surface area contributed by atoms with E-state index >= 15 is 0 Å². The maximum atomic E-state index is 11.5. The van der Waals surface area contributed by atoms with Crippen LogP contribution in [0.25, 0.3) is 11.3 Å². The van der Waals surface area contributed by atoms with Crippen molar-refractivity contribution in [1.82, 2.24) is 4.98 Å². The summed E-state index contributed by atoms with van der Waals surface area (Å²) in [5, 5.41) is 0.801. The highest BCUT2D eigenvalue weighted by Crippen LogP contribution is 2.27. The highest BCUT2D eigenvalue weighted by Gasteiger charge is 2.17. The van der Waals surface area contributed by atoms with E-state index < -0.39 is 5.91 Å². The van der Waals surface area contributed by atoms with Gasteiger partial charge in [0.15, 0.2) is 0 Å². The fraction of sp³-hybridized carbons (Fsp3) is 0.143. The molecule has 0 fully saturated rings. The van der Waals surface area contributed by atoms with Crippen molar-refractivity contribution in [2.45, 2.75) is 5.75 Å². The zero-order valence-electron chi connectivity index (χ0n) is 11.5. The average Bonchev–Trinajstić information content (AvgIpc) is 2.92. The molecule has 0 saturated heterocycles. The minimum absolute atomic E-state index is 0.176. The summed E-state index contributed by atoms with van der Waals surface area (Å²) >= 11 is 1.72. The standard InChI is InChI=1S/C14H16N4O2S/c1-21-7-9-3-2-4-10(5-9)12-6-11(13(15)20)14(17-12)18(16)8-19/h2-6,8,17H,7,16H2,1H3,(H2,15,20). The summed E-state index contributed by atoms with van der Waals surface area (Å²) < 4.78 is 0. The number of anilines is 1. The largest absolute Gasteiger partial charge is 0.365 e. The first-order valence-corrected chi connectivity index (χ1v) is 7.56. The van der Waals surface area contributed by atoms with Crippen LogP contribution in [0, 0.1) is 0 Å². The number of thioether (sulfide) groups is 1. The molecule has 0 aliphatic heterocycles. The third-order valence-electron chi connectivity index (χ3n) is 2.98. The summed E-state index contributed by atoms with van der Waals surface area (Å²) in [5.74, 6) is 5.95. The molecule has 0 atom stereocenters. The van der Waals surface area contributed by atoms with E-state index in [0.717, 1.165) is 21.9 Å². The third kappa shape index (κ3) is 3.26. The number of primary amides is 1. The molecule has 0 bridgehead atoms. The van der Waals surface area contributed by atoms with Gasteiger partial charge in [0.05, 0.1) is 5.56 Å². The van der Waals surface area contributed by atoms with Crippen molar-refractivity contribution in [2.75, 3.05) is 11.3 Å². The van der Waals surface area contributed by atoms with Gasteiger partial charge >= 0.3 is 0 Å². The number of hydrazine groups is 1. The van der Waals surface area contributed by atoms with E-state index in [0.29, 0.717) is 12.1 Å². The number of amides is 2. The smallest absolute Gasteiger partial charge is 0.252 e. The van der Waals surface area contributed by atoms with E-state index in [1.165, 1.54) is 0 Å². The van der Waals surface area contributed by atoms with Crippen LogP contribution in [-0.4, -0.2) is 23.6 Å². The quantitative estimate of drug-likeness (QED) is 0.325. The van der Waals surface area contributed by atoms with E-state index in [-0.39, 0.29) is 11.4 Å². The predicted molar refractivity (Wildman–Crippen MR) is 84.7 cm³/mol. The van der Waals surface area contributed by atoms with E-state index in [1.807, 2.05) is 30.5 Å². The van der Waals surface area contributed by atoms with Crippen LogP contribution < -0.4 is 16.6 Å². The second kappa shape index (κ2) is 6.47. The van der Waals surface area contributed by atoms with Gasteiger partial charge in [0.25, 0.3) is 5.91 Å². The van der Waals surface area contributed by atoms with E-state index in [2.05, 4.69) is 4.98 Å². The van der Waals surface area contributed by atoms with Crippen molar-refractivity contribution in [3.05, 3.63) is 41.5 Å². The van der Waals surface area contributed by atoms with Crippen molar-refractivity contribution >= 4 is 29.9 Å². The van der Waals surface area contributed by atoms with Gasteiger partial charge in [-0.3, -0.25) is 9.59 Å². The van der Waals surface area contributed by atoms with Crippen LogP contribution >= 0.6 is 11.8 Å². The number of aromatic amines is 1. The summed E-state index contributed by atoms with van der Waals surface area (Å²) in [7, 11) is 0.